The molecule has 0 saturated heterocycles. The van der Waals surface area contributed by atoms with Gasteiger partial charge in [-0.15, -0.1) is 0 Å². The Kier molecular flexibility index (Phi) is 4.57. The lowest BCUT2D eigenvalue weighted by molar-refractivity contribution is -0.120. The summed E-state index contributed by atoms with van der Waals surface area (Å²) in [4.78, 5) is 23.6. The summed E-state index contributed by atoms with van der Waals surface area (Å²) in [6.07, 6.45) is 7.82. The molecule has 3 amide bonds. The van der Waals surface area contributed by atoms with Crippen LogP contribution in [0.3, 0.4) is 0 Å². The zero-order valence-electron chi connectivity index (χ0n) is 13.2. The van der Waals surface area contributed by atoms with E-state index >= 15 is 0 Å². The lowest BCUT2D eigenvalue weighted by Crippen LogP contribution is -2.61. The second kappa shape index (κ2) is 6.44. The van der Waals surface area contributed by atoms with E-state index in [2.05, 4.69) is 16.0 Å². The Balaban J connectivity index is 1.41. The average Bonchev–Trinajstić information content (AvgIpc) is 2.43. The summed E-state index contributed by atoms with van der Waals surface area (Å²) >= 11 is 0. The molecule has 4 aliphatic carbocycles. The minimum Gasteiger partial charge on any atom is -0.355 e. The van der Waals surface area contributed by atoms with Crippen molar-refractivity contribution in [3.8, 4) is 0 Å². The minimum atomic E-state index is -0.117. The van der Waals surface area contributed by atoms with Gasteiger partial charge in [-0.2, -0.15) is 0 Å². The van der Waals surface area contributed by atoms with Crippen molar-refractivity contribution in [1.29, 1.82) is 0 Å². The predicted octanol–water partition coefficient (Wildman–Crippen LogP) is 0.719. The first-order valence-corrected chi connectivity index (χ1v) is 8.61. The van der Waals surface area contributed by atoms with E-state index in [-0.39, 0.29) is 17.5 Å². The van der Waals surface area contributed by atoms with Crippen molar-refractivity contribution < 1.29 is 9.59 Å². The van der Waals surface area contributed by atoms with Crippen LogP contribution in [0.25, 0.3) is 0 Å². The van der Waals surface area contributed by atoms with Crippen molar-refractivity contribution in [2.45, 2.75) is 50.5 Å². The molecular formula is C16H28N4O2. The fourth-order valence-electron chi connectivity index (χ4n) is 5.14. The summed E-state index contributed by atoms with van der Waals surface area (Å²) < 4.78 is 0. The third-order valence-corrected chi connectivity index (χ3v) is 5.52. The van der Waals surface area contributed by atoms with Gasteiger partial charge in [-0.1, -0.05) is 0 Å². The molecule has 4 rings (SSSR count). The summed E-state index contributed by atoms with van der Waals surface area (Å²) in [6.45, 7) is 1.29. The highest BCUT2D eigenvalue weighted by Gasteiger charge is 2.51. The largest absolute Gasteiger partial charge is 0.355 e. The molecule has 0 aliphatic heterocycles. The smallest absolute Gasteiger partial charge is 0.315 e. The van der Waals surface area contributed by atoms with Gasteiger partial charge in [0.2, 0.25) is 5.91 Å². The minimum absolute atomic E-state index is 0.0284. The van der Waals surface area contributed by atoms with E-state index < -0.39 is 0 Å². The van der Waals surface area contributed by atoms with Crippen molar-refractivity contribution in [1.82, 2.24) is 16.0 Å². The summed E-state index contributed by atoms with van der Waals surface area (Å²) in [7, 11) is 0. The predicted molar refractivity (Wildman–Crippen MR) is 84.1 cm³/mol. The topological polar surface area (TPSA) is 96.2 Å². The molecule has 0 radical (unpaired) electrons. The molecule has 4 fully saturated rings. The number of carbonyl (C=O) groups is 2. The van der Waals surface area contributed by atoms with E-state index in [1.54, 1.807) is 0 Å². The Morgan fingerprint density at radius 3 is 2.09 bits per heavy atom. The van der Waals surface area contributed by atoms with Gasteiger partial charge in [0.05, 0.1) is 0 Å². The van der Waals surface area contributed by atoms with E-state index in [1.165, 1.54) is 19.3 Å². The van der Waals surface area contributed by atoms with Crippen molar-refractivity contribution in [3.05, 3.63) is 0 Å². The number of hydrogen-bond donors (Lipinski definition) is 4. The molecule has 4 aliphatic rings. The fourth-order valence-corrected chi connectivity index (χ4v) is 5.14. The maximum atomic E-state index is 12.1. The fraction of sp³-hybridized carbons (Fsp3) is 0.875. The second-order valence-corrected chi connectivity index (χ2v) is 7.47. The summed E-state index contributed by atoms with van der Waals surface area (Å²) in [5.74, 6) is 2.37. The Morgan fingerprint density at radius 1 is 0.955 bits per heavy atom. The van der Waals surface area contributed by atoms with Gasteiger partial charge in [0.15, 0.2) is 0 Å². The summed E-state index contributed by atoms with van der Waals surface area (Å²) in [6, 6.07) is -0.117. The Hall–Kier alpha value is -1.30. The van der Waals surface area contributed by atoms with E-state index in [1.807, 2.05) is 0 Å². The summed E-state index contributed by atoms with van der Waals surface area (Å²) in [5, 5.41) is 8.76. The van der Waals surface area contributed by atoms with Gasteiger partial charge >= 0.3 is 6.03 Å². The van der Waals surface area contributed by atoms with Crippen LogP contribution < -0.4 is 21.7 Å². The first kappa shape index (κ1) is 15.6. The Bertz CT molecular complexity index is 403. The van der Waals surface area contributed by atoms with Crippen LogP contribution in [0.2, 0.25) is 0 Å². The standard InChI is InChI=1S/C16H28N4O2/c17-2-4-18-14(21)1-3-19-15(22)20-16-8-11-5-12(9-16)7-13(6-11)10-16/h11-13H,1-10,17H2,(H,18,21)(H2,19,20,22). The molecule has 4 bridgehead atoms. The van der Waals surface area contributed by atoms with Gasteiger partial charge in [-0.05, 0) is 56.3 Å². The highest BCUT2D eigenvalue weighted by Crippen LogP contribution is 2.55. The zero-order valence-corrected chi connectivity index (χ0v) is 13.2. The van der Waals surface area contributed by atoms with Gasteiger partial charge in [-0.3, -0.25) is 4.79 Å². The Labute approximate surface area is 132 Å². The molecule has 5 N–H and O–H groups in total. The van der Waals surface area contributed by atoms with Crippen LogP contribution in [0.1, 0.15) is 44.9 Å². The lowest BCUT2D eigenvalue weighted by atomic mass is 9.53. The van der Waals surface area contributed by atoms with Crippen LogP contribution in [-0.2, 0) is 4.79 Å². The van der Waals surface area contributed by atoms with Gasteiger partial charge < -0.3 is 21.7 Å². The van der Waals surface area contributed by atoms with Crippen LogP contribution in [0.5, 0.6) is 0 Å². The van der Waals surface area contributed by atoms with Crippen molar-refractivity contribution in [3.63, 3.8) is 0 Å². The van der Waals surface area contributed by atoms with Gasteiger partial charge in [0, 0.05) is 31.6 Å². The molecular weight excluding hydrogens is 280 g/mol. The molecule has 0 aromatic heterocycles. The molecule has 6 nitrogen and oxygen atoms in total. The SMILES string of the molecule is NCCNC(=O)CCNC(=O)NC12CC3CC(CC(C3)C1)C2. The molecule has 0 unspecified atom stereocenters. The molecule has 0 aromatic rings. The van der Waals surface area contributed by atoms with Crippen LogP contribution in [0.4, 0.5) is 4.79 Å². The third kappa shape index (κ3) is 3.54. The molecule has 6 heteroatoms. The highest BCUT2D eigenvalue weighted by atomic mass is 16.2. The Morgan fingerprint density at radius 2 is 1.55 bits per heavy atom. The lowest BCUT2D eigenvalue weighted by Gasteiger charge is -2.56. The molecule has 0 aromatic carbocycles. The van der Waals surface area contributed by atoms with Gasteiger partial charge in [0.25, 0.3) is 0 Å². The number of urea groups is 1. The first-order valence-electron chi connectivity index (χ1n) is 8.61. The second-order valence-electron chi connectivity index (χ2n) is 7.47. The van der Waals surface area contributed by atoms with E-state index in [9.17, 15) is 9.59 Å². The number of nitrogens with one attached hydrogen (secondary N) is 3. The molecule has 0 atom stereocenters. The van der Waals surface area contributed by atoms with Crippen LogP contribution >= 0.6 is 0 Å². The van der Waals surface area contributed by atoms with Gasteiger partial charge in [0.1, 0.15) is 0 Å². The number of hydrogen-bond acceptors (Lipinski definition) is 3. The van der Waals surface area contributed by atoms with Crippen molar-refractivity contribution in [2.75, 3.05) is 19.6 Å². The number of carbonyl (C=O) groups excluding carboxylic acids is 2. The highest BCUT2D eigenvalue weighted by molar-refractivity contribution is 5.78. The molecule has 0 spiro atoms. The monoisotopic (exact) mass is 308 g/mol. The van der Waals surface area contributed by atoms with Crippen molar-refractivity contribution in [2.24, 2.45) is 23.5 Å². The molecule has 0 heterocycles. The van der Waals surface area contributed by atoms with Crippen LogP contribution in [0.15, 0.2) is 0 Å². The maximum Gasteiger partial charge on any atom is 0.315 e. The van der Waals surface area contributed by atoms with E-state index in [0.29, 0.717) is 26.1 Å². The van der Waals surface area contributed by atoms with Crippen LogP contribution in [0, 0.1) is 17.8 Å². The first-order chi connectivity index (χ1) is 10.6. The van der Waals surface area contributed by atoms with Gasteiger partial charge in [-0.25, -0.2) is 4.79 Å². The maximum absolute atomic E-state index is 12.1. The zero-order chi connectivity index (χ0) is 15.6. The van der Waals surface area contributed by atoms with Crippen LogP contribution in [-0.4, -0.2) is 37.1 Å². The average molecular weight is 308 g/mol. The van der Waals surface area contributed by atoms with Crippen molar-refractivity contribution >= 4 is 11.9 Å². The quantitative estimate of drug-likeness (QED) is 0.582. The number of amides is 3. The molecule has 4 saturated carbocycles. The summed E-state index contributed by atoms with van der Waals surface area (Å²) in [5.41, 5.74) is 5.35. The van der Waals surface area contributed by atoms with E-state index in [4.69, 9.17) is 5.73 Å². The molecule has 22 heavy (non-hydrogen) atoms. The number of rotatable bonds is 6. The normalized spacial score (nSPS) is 35.2. The number of nitrogens with two attached hydrogens (primary N) is 1. The van der Waals surface area contributed by atoms with E-state index in [0.717, 1.165) is 37.0 Å². The third-order valence-electron chi connectivity index (χ3n) is 5.52. The molecule has 124 valence electrons.